The maximum absolute atomic E-state index is 13.1. The Labute approximate surface area is 215 Å². The summed E-state index contributed by atoms with van der Waals surface area (Å²) in [6.07, 6.45) is 1.42. The van der Waals surface area contributed by atoms with Crippen molar-refractivity contribution in [1.82, 2.24) is 0 Å². The third-order valence-corrected chi connectivity index (χ3v) is 7.66. The molecule has 9 unspecified atom stereocenters. The van der Waals surface area contributed by atoms with E-state index in [2.05, 4.69) is 6.92 Å². The highest BCUT2D eigenvalue weighted by Gasteiger charge is 2.63. The zero-order valence-corrected chi connectivity index (χ0v) is 17.7. The summed E-state index contributed by atoms with van der Waals surface area (Å²) in [4.78, 5) is 49.6. The van der Waals surface area contributed by atoms with Gasteiger partial charge in [0.05, 0.1) is 30.3 Å². The number of ether oxygens (including phenoxy) is 3. The molecule has 2 aliphatic heterocycles. The van der Waals surface area contributed by atoms with Crippen LogP contribution >= 0.6 is 0 Å². The average molecular weight is 503 g/mol. The van der Waals surface area contributed by atoms with Gasteiger partial charge in [-0.3, -0.25) is 19.2 Å². The number of cyclic esters (lactones) is 3. The van der Waals surface area contributed by atoms with Crippen molar-refractivity contribution in [2.45, 2.75) is 97.6 Å². The first-order chi connectivity index (χ1) is 13.5. The summed E-state index contributed by atoms with van der Waals surface area (Å²) >= 11 is 0. The molecule has 9 atom stereocenters. The normalized spacial score (nSPS) is 34.7. The Bertz CT molecular complexity index is 753. The summed E-state index contributed by atoms with van der Waals surface area (Å²) in [5, 5.41) is 0. The molecule has 2 saturated heterocycles. The smallest absolute Gasteiger partial charge is 0.318 e. The van der Waals surface area contributed by atoms with E-state index in [9.17, 15) is 19.2 Å². The van der Waals surface area contributed by atoms with Gasteiger partial charge in [-0.1, -0.05) is 58.4 Å². The van der Waals surface area contributed by atoms with Crippen molar-refractivity contribution in [3.05, 3.63) is 0 Å². The number of esters is 4. The molecular weight excluding hydrogens is 448 g/mol. The quantitative estimate of drug-likeness (QED) is 0.257. The maximum atomic E-state index is 13.1. The predicted octanol–water partition coefficient (Wildman–Crippen LogP) is 6.18. The second kappa shape index (κ2) is 12.9. The van der Waals surface area contributed by atoms with Gasteiger partial charge in [0.1, 0.15) is 5.60 Å². The first-order valence-corrected chi connectivity index (χ1v) is 10.6. The average Bonchev–Trinajstić information content (AvgIpc) is 3.30. The van der Waals surface area contributed by atoms with E-state index in [1.165, 1.54) is 0 Å². The van der Waals surface area contributed by atoms with Crippen molar-refractivity contribution in [3.8, 4) is 0 Å². The van der Waals surface area contributed by atoms with Gasteiger partial charge in [-0.05, 0) is 57.3 Å². The lowest BCUT2D eigenvalue weighted by atomic mass is 9.66. The molecule has 0 N–H and O–H groups in total. The highest BCUT2D eigenvalue weighted by Crippen LogP contribution is 2.62. The number of carbonyl (C=O) groups excluding carboxylic acids is 4. The molecule has 4 rings (SSSR count). The van der Waals surface area contributed by atoms with Crippen LogP contribution in [0, 0.1) is 53.3 Å². The Morgan fingerprint density at radius 2 is 1.49 bits per heavy atom. The number of rotatable bonds is 4. The van der Waals surface area contributed by atoms with Gasteiger partial charge in [0.2, 0.25) is 0 Å². The topological polar surface area (TPSA) is 96.0 Å². The van der Waals surface area contributed by atoms with Gasteiger partial charge < -0.3 is 14.2 Å². The van der Waals surface area contributed by atoms with Crippen molar-refractivity contribution in [3.63, 3.8) is 0 Å². The maximum Gasteiger partial charge on any atom is 0.318 e. The Kier molecular flexibility index (Phi) is 13.8. The second-order valence-electron chi connectivity index (χ2n) is 10.3. The lowest BCUT2D eigenvalue weighted by Gasteiger charge is -2.37. The molecule has 2 saturated carbocycles. The van der Waals surface area contributed by atoms with E-state index < -0.39 is 41.3 Å². The molecule has 4 fully saturated rings. The molecule has 0 spiro atoms. The van der Waals surface area contributed by atoms with Crippen LogP contribution in [0.15, 0.2) is 0 Å². The largest absolute Gasteiger partial charge is 0.465 e. The van der Waals surface area contributed by atoms with E-state index >= 15 is 0 Å². The molecule has 0 aromatic carbocycles. The van der Waals surface area contributed by atoms with Gasteiger partial charge >= 0.3 is 23.9 Å². The van der Waals surface area contributed by atoms with Gasteiger partial charge in [-0.25, -0.2) is 0 Å². The first kappa shape index (κ1) is 37.6. The standard InChI is InChI=1S/C22H30O7.6CH4/c1-9-11(13-7-12(9)17-15(13)8-27-20(17)25)6-14(19(24)29-22(3,4)5)16-10(2)18(23)28-21(16)26;;;;;;/h9-17H,6-8H2,1-5H3;6*1H4. The Hall–Kier alpha value is -1.92. The zero-order chi connectivity index (χ0) is 21.2. The minimum Gasteiger partial charge on any atom is -0.465 e. The van der Waals surface area contributed by atoms with Gasteiger partial charge in [-0.15, -0.1) is 0 Å². The van der Waals surface area contributed by atoms with Crippen molar-refractivity contribution in [1.29, 1.82) is 0 Å². The van der Waals surface area contributed by atoms with Crippen molar-refractivity contribution in [2.24, 2.45) is 53.3 Å². The molecule has 0 amide bonds. The molecule has 0 aromatic rings. The van der Waals surface area contributed by atoms with Crippen molar-refractivity contribution < 1.29 is 33.4 Å². The van der Waals surface area contributed by atoms with E-state index in [-0.39, 0.29) is 80.1 Å². The van der Waals surface area contributed by atoms with Gasteiger partial charge in [-0.2, -0.15) is 0 Å². The molecule has 4 aliphatic rings. The Morgan fingerprint density at radius 1 is 0.914 bits per heavy atom. The van der Waals surface area contributed by atoms with E-state index in [1.54, 1.807) is 27.7 Å². The second-order valence-corrected chi connectivity index (χ2v) is 10.3. The molecule has 0 aromatic heterocycles. The molecule has 0 radical (unpaired) electrons. The van der Waals surface area contributed by atoms with Crippen LogP contribution in [0.5, 0.6) is 0 Å². The molecule has 208 valence electrons. The molecule has 2 aliphatic carbocycles. The summed E-state index contributed by atoms with van der Waals surface area (Å²) in [5.74, 6) is -2.81. The minimum absolute atomic E-state index is 0. The Morgan fingerprint density at radius 3 is 1.97 bits per heavy atom. The van der Waals surface area contributed by atoms with Crippen LogP contribution in [-0.2, 0) is 33.4 Å². The van der Waals surface area contributed by atoms with Crippen LogP contribution in [0.1, 0.15) is 92.0 Å². The number of carbonyl (C=O) groups is 4. The van der Waals surface area contributed by atoms with Crippen molar-refractivity contribution >= 4 is 23.9 Å². The summed E-state index contributed by atoms with van der Waals surface area (Å²) in [7, 11) is 0. The van der Waals surface area contributed by atoms with E-state index in [4.69, 9.17) is 14.2 Å². The predicted molar refractivity (Wildman–Crippen MR) is 140 cm³/mol. The SMILES string of the molecule is C.C.C.C.C.C.CC1C(=O)OC(=O)C1C(CC1C(C)C2CC1C1COC(=O)C21)C(=O)OC(C)(C)C. The number of hydrogen-bond acceptors (Lipinski definition) is 7. The van der Waals surface area contributed by atoms with Gasteiger partial charge in [0, 0.05) is 5.92 Å². The fourth-order valence-electron chi connectivity index (χ4n) is 6.39. The van der Waals surface area contributed by atoms with Crippen LogP contribution in [-0.4, -0.2) is 36.1 Å². The lowest BCUT2D eigenvalue weighted by molar-refractivity contribution is -0.167. The summed E-state index contributed by atoms with van der Waals surface area (Å²) in [6.45, 7) is 9.58. The third kappa shape index (κ3) is 6.26. The van der Waals surface area contributed by atoms with Gasteiger partial charge in [0.25, 0.3) is 0 Å². The van der Waals surface area contributed by atoms with E-state index in [0.29, 0.717) is 18.9 Å². The van der Waals surface area contributed by atoms with E-state index in [1.807, 2.05) is 0 Å². The summed E-state index contributed by atoms with van der Waals surface area (Å²) in [6, 6.07) is 0. The minimum atomic E-state index is -0.819. The fourth-order valence-corrected chi connectivity index (χ4v) is 6.39. The molecule has 7 nitrogen and oxygen atoms in total. The molecule has 35 heavy (non-hydrogen) atoms. The van der Waals surface area contributed by atoms with Crippen LogP contribution in [0.25, 0.3) is 0 Å². The third-order valence-electron chi connectivity index (χ3n) is 7.66. The van der Waals surface area contributed by atoms with Gasteiger partial charge in [0.15, 0.2) is 0 Å². The molecule has 7 heteroatoms. The first-order valence-electron chi connectivity index (χ1n) is 10.6. The highest BCUT2D eigenvalue weighted by atomic mass is 16.6. The molecule has 2 heterocycles. The highest BCUT2D eigenvalue weighted by molar-refractivity contribution is 5.98. The van der Waals surface area contributed by atoms with Crippen molar-refractivity contribution in [2.75, 3.05) is 6.61 Å². The lowest BCUT2D eigenvalue weighted by Crippen LogP contribution is -2.41. The van der Waals surface area contributed by atoms with Crippen LogP contribution < -0.4 is 0 Å². The monoisotopic (exact) mass is 502 g/mol. The molecule has 2 bridgehead atoms. The number of hydrogen-bond donors (Lipinski definition) is 0. The summed E-state index contributed by atoms with van der Waals surface area (Å²) in [5.41, 5.74) is -0.692. The molecular formula is C28H54O7. The summed E-state index contributed by atoms with van der Waals surface area (Å²) < 4.78 is 15.8. The van der Waals surface area contributed by atoms with Crippen LogP contribution in [0.4, 0.5) is 0 Å². The zero-order valence-electron chi connectivity index (χ0n) is 17.7. The fraction of sp³-hybridized carbons (Fsp3) is 0.857. The van der Waals surface area contributed by atoms with Crippen LogP contribution in [0.2, 0.25) is 0 Å². The Balaban J connectivity index is -0.00000171. The van der Waals surface area contributed by atoms with E-state index in [0.717, 1.165) is 6.42 Å². The van der Waals surface area contributed by atoms with Crippen LogP contribution in [0.3, 0.4) is 0 Å². The number of fused-ring (bicyclic) bond motifs is 5.